The van der Waals surface area contributed by atoms with Gasteiger partial charge in [0, 0.05) is 22.6 Å². The van der Waals surface area contributed by atoms with Crippen LogP contribution in [0.25, 0.3) is 11.1 Å². The first-order valence-corrected chi connectivity index (χ1v) is 6.34. The van der Waals surface area contributed by atoms with E-state index in [1.807, 2.05) is 0 Å². The average Bonchev–Trinajstić information content (AvgIpc) is 2.42. The summed E-state index contributed by atoms with van der Waals surface area (Å²) in [5.74, 6) is -0.701. The first-order chi connectivity index (χ1) is 9.13. The molecule has 0 radical (unpaired) electrons. The predicted molar refractivity (Wildman–Crippen MR) is 75.8 cm³/mol. The third-order valence-electron chi connectivity index (χ3n) is 2.76. The molecule has 1 N–H and O–H groups in total. The van der Waals surface area contributed by atoms with Crippen molar-refractivity contribution in [2.75, 3.05) is 5.32 Å². The Morgan fingerprint density at radius 3 is 2.53 bits per heavy atom. The minimum atomic E-state index is -0.475. The van der Waals surface area contributed by atoms with Gasteiger partial charge in [0.2, 0.25) is 5.91 Å². The van der Waals surface area contributed by atoms with Crippen LogP contribution in [0.5, 0.6) is 0 Å². The van der Waals surface area contributed by atoms with Crippen molar-refractivity contribution in [2.45, 2.75) is 13.3 Å². The van der Waals surface area contributed by atoms with Gasteiger partial charge in [-0.15, -0.1) is 0 Å². The van der Waals surface area contributed by atoms with Gasteiger partial charge in [-0.25, -0.2) is 4.39 Å². The molecule has 0 saturated carbocycles. The number of hydrogen-bond donors (Lipinski definition) is 1. The zero-order valence-electron chi connectivity index (χ0n) is 10.4. The summed E-state index contributed by atoms with van der Waals surface area (Å²) in [6.07, 6.45) is 0.301. The molecule has 98 valence electrons. The van der Waals surface area contributed by atoms with Crippen LogP contribution in [0.1, 0.15) is 13.3 Å². The summed E-state index contributed by atoms with van der Waals surface area (Å²) in [7, 11) is 0. The summed E-state index contributed by atoms with van der Waals surface area (Å²) >= 11 is 6.06. The van der Waals surface area contributed by atoms with Crippen molar-refractivity contribution in [2.24, 2.45) is 0 Å². The number of anilines is 1. The molecule has 0 aliphatic carbocycles. The van der Waals surface area contributed by atoms with Crippen molar-refractivity contribution < 1.29 is 9.18 Å². The number of rotatable bonds is 3. The molecular formula is C15H13ClFNO. The van der Waals surface area contributed by atoms with Crippen LogP contribution in [0.2, 0.25) is 5.02 Å². The van der Waals surface area contributed by atoms with Crippen LogP contribution in [0.4, 0.5) is 10.1 Å². The summed E-state index contributed by atoms with van der Waals surface area (Å²) in [6, 6.07) is 11.9. The van der Waals surface area contributed by atoms with Gasteiger partial charge in [0.05, 0.1) is 5.69 Å². The van der Waals surface area contributed by atoms with Crippen LogP contribution in [0.3, 0.4) is 0 Å². The number of carbonyl (C=O) groups excluding carboxylic acids is 1. The van der Waals surface area contributed by atoms with E-state index in [0.29, 0.717) is 22.6 Å². The largest absolute Gasteiger partial charge is 0.324 e. The standard InChI is InChI=1S/C15H13ClFNO/c1-2-14(19)18-13-9-5-7-11(15(13)17)10-6-3-4-8-12(10)16/h3-9H,2H2,1H3,(H,18,19). The average molecular weight is 278 g/mol. The number of halogens is 2. The van der Waals surface area contributed by atoms with E-state index in [1.165, 1.54) is 6.07 Å². The van der Waals surface area contributed by atoms with E-state index in [2.05, 4.69) is 5.32 Å². The normalized spacial score (nSPS) is 10.3. The smallest absolute Gasteiger partial charge is 0.224 e. The number of amides is 1. The van der Waals surface area contributed by atoms with Crippen LogP contribution in [0.15, 0.2) is 42.5 Å². The highest BCUT2D eigenvalue weighted by Crippen LogP contribution is 2.32. The highest BCUT2D eigenvalue weighted by Gasteiger charge is 2.13. The molecule has 4 heteroatoms. The minimum Gasteiger partial charge on any atom is -0.324 e. The Kier molecular flexibility index (Phi) is 4.17. The Morgan fingerprint density at radius 1 is 1.16 bits per heavy atom. The Hall–Kier alpha value is -1.87. The second kappa shape index (κ2) is 5.85. The fourth-order valence-electron chi connectivity index (χ4n) is 1.75. The Labute approximate surface area is 116 Å². The maximum absolute atomic E-state index is 14.4. The van der Waals surface area contributed by atoms with Crippen LogP contribution < -0.4 is 5.32 Å². The Morgan fingerprint density at radius 2 is 1.84 bits per heavy atom. The van der Waals surface area contributed by atoms with Gasteiger partial charge in [-0.05, 0) is 12.1 Å². The van der Waals surface area contributed by atoms with Crippen LogP contribution in [0, 0.1) is 5.82 Å². The number of carbonyl (C=O) groups is 1. The van der Waals surface area contributed by atoms with E-state index in [-0.39, 0.29) is 11.6 Å². The van der Waals surface area contributed by atoms with Crippen molar-refractivity contribution in [1.29, 1.82) is 0 Å². The van der Waals surface area contributed by atoms with Gasteiger partial charge in [0.15, 0.2) is 5.82 Å². The fraction of sp³-hybridized carbons (Fsp3) is 0.133. The summed E-state index contributed by atoms with van der Waals surface area (Å²) in [5, 5.41) is 3.01. The highest BCUT2D eigenvalue weighted by molar-refractivity contribution is 6.33. The van der Waals surface area contributed by atoms with E-state index in [1.54, 1.807) is 43.3 Å². The predicted octanol–water partition coefficient (Wildman–Crippen LogP) is 4.49. The van der Waals surface area contributed by atoms with Gasteiger partial charge in [-0.1, -0.05) is 48.9 Å². The van der Waals surface area contributed by atoms with Gasteiger partial charge in [0.1, 0.15) is 0 Å². The molecule has 0 aliphatic heterocycles. The van der Waals surface area contributed by atoms with Crippen molar-refractivity contribution in [3.05, 3.63) is 53.3 Å². The lowest BCUT2D eigenvalue weighted by Gasteiger charge is -2.10. The zero-order valence-corrected chi connectivity index (χ0v) is 11.2. The van der Waals surface area contributed by atoms with Crippen LogP contribution in [-0.2, 0) is 4.79 Å². The first kappa shape index (κ1) is 13.6. The summed E-state index contributed by atoms with van der Waals surface area (Å²) in [4.78, 5) is 11.3. The molecule has 2 nitrogen and oxygen atoms in total. The molecule has 19 heavy (non-hydrogen) atoms. The maximum atomic E-state index is 14.4. The summed E-state index contributed by atoms with van der Waals surface area (Å²) < 4.78 is 14.4. The number of hydrogen-bond acceptors (Lipinski definition) is 1. The lowest BCUT2D eigenvalue weighted by Crippen LogP contribution is -2.11. The van der Waals surface area contributed by atoms with Gasteiger partial charge in [-0.2, -0.15) is 0 Å². The van der Waals surface area contributed by atoms with Gasteiger partial charge in [-0.3, -0.25) is 4.79 Å². The Bertz CT molecular complexity index is 613. The van der Waals surface area contributed by atoms with Crippen molar-refractivity contribution in [1.82, 2.24) is 0 Å². The van der Waals surface area contributed by atoms with E-state index in [4.69, 9.17) is 11.6 Å². The van der Waals surface area contributed by atoms with Gasteiger partial charge >= 0.3 is 0 Å². The topological polar surface area (TPSA) is 29.1 Å². The van der Waals surface area contributed by atoms with E-state index in [0.717, 1.165) is 0 Å². The molecular weight excluding hydrogens is 265 g/mol. The van der Waals surface area contributed by atoms with E-state index >= 15 is 0 Å². The van der Waals surface area contributed by atoms with E-state index in [9.17, 15) is 9.18 Å². The second-order valence-corrected chi connectivity index (χ2v) is 4.46. The maximum Gasteiger partial charge on any atom is 0.224 e. The first-order valence-electron chi connectivity index (χ1n) is 5.96. The molecule has 2 aromatic rings. The SMILES string of the molecule is CCC(=O)Nc1cccc(-c2ccccc2Cl)c1F. The van der Waals surface area contributed by atoms with Crippen molar-refractivity contribution in [3.63, 3.8) is 0 Å². The van der Waals surface area contributed by atoms with Crippen LogP contribution >= 0.6 is 11.6 Å². The molecule has 2 rings (SSSR count). The monoisotopic (exact) mass is 277 g/mol. The fourth-order valence-corrected chi connectivity index (χ4v) is 1.99. The molecule has 0 aromatic heterocycles. The molecule has 0 aliphatic rings. The molecule has 0 saturated heterocycles. The van der Waals surface area contributed by atoms with Crippen molar-refractivity contribution in [3.8, 4) is 11.1 Å². The summed E-state index contributed by atoms with van der Waals surface area (Å²) in [6.45, 7) is 1.71. The Balaban J connectivity index is 2.46. The number of benzene rings is 2. The van der Waals surface area contributed by atoms with Crippen molar-refractivity contribution >= 4 is 23.2 Å². The second-order valence-electron chi connectivity index (χ2n) is 4.05. The molecule has 0 atom stereocenters. The highest BCUT2D eigenvalue weighted by atomic mass is 35.5. The molecule has 0 spiro atoms. The lowest BCUT2D eigenvalue weighted by molar-refractivity contribution is -0.115. The molecule has 1 amide bonds. The zero-order chi connectivity index (χ0) is 13.8. The molecule has 0 fully saturated rings. The molecule has 0 heterocycles. The quantitative estimate of drug-likeness (QED) is 0.880. The molecule has 2 aromatic carbocycles. The minimum absolute atomic E-state index is 0.171. The summed E-state index contributed by atoms with van der Waals surface area (Å²) in [5.41, 5.74) is 1.15. The third kappa shape index (κ3) is 2.93. The molecule has 0 unspecified atom stereocenters. The lowest BCUT2D eigenvalue weighted by atomic mass is 10.0. The van der Waals surface area contributed by atoms with E-state index < -0.39 is 5.82 Å². The van der Waals surface area contributed by atoms with Gasteiger partial charge < -0.3 is 5.32 Å². The van der Waals surface area contributed by atoms with Gasteiger partial charge in [0.25, 0.3) is 0 Å². The molecule has 0 bridgehead atoms. The number of nitrogens with one attached hydrogen (secondary N) is 1. The van der Waals surface area contributed by atoms with Crippen LogP contribution in [-0.4, -0.2) is 5.91 Å². The third-order valence-corrected chi connectivity index (χ3v) is 3.09.